The molecule has 104 valence electrons. The number of aryl methyl sites for hydroxylation is 2. The summed E-state index contributed by atoms with van der Waals surface area (Å²) in [6, 6.07) is 10.3. The van der Waals surface area contributed by atoms with E-state index in [1.807, 2.05) is 13.0 Å². The largest absolute Gasteiger partial charge is 0.397 e. The molecule has 5 nitrogen and oxygen atoms in total. The molecule has 1 amide bonds. The highest BCUT2D eigenvalue weighted by molar-refractivity contribution is 5.93. The Bertz CT molecular complexity index is 705. The van der Waals surface area contributed by atoms with E-state index in [0.29, 0.717) is 11.4 Å². The Morgan fingerprint density at radius 2 is 2.00 bits per heavy atom. The van der Waals surface area contributed by atoms with Gasteiger partial charge in [-0.25, -0.2) is 0 Å². The summed E-state index contributed by atoms with van der Waals surface area (Å²) in [5.41, 5.74) is 8.47. The number of nitrogens with one attached hydrogen (secondary N) is 1. The summed E-state index contributed by atoms with van der Waals surface area (Å²) in [6.45, 7) is 3.68. The lowest BCUT2D eigenvalue weighted by molar-refractivity contribution is -0.116. The van der Waals surface area contributed by atoms with Gasteiger partial charge < -0.3 is 15.6 Å². The molecule has 1 aromatic carbocycles. The lowest BCUT2D eigenvalue weighted by Gasteiger charge is -2.11. The standard InChI is InChI=1S/C15H17N3O2/c1-10-6-7-13(12(16)8-10)17-14(19)9-18-11(2)4-3-5-15(18)20/h3-8H,9,16H2,1-2H3,(H,17,19). The van der Waals surface area contributed by atoms with Crippen molar-refractivity contribution in [1.82, 2.24) is 4.57 Å². The van der Waals surface area contributed by atoms with Crippen molar-refractivity contribution in [2.24, 2.45) is 0 Å². The average molecular weight is 271 g/mol. The van der Waals surface area contributed by atoms with Crippen LogP contribution in [0.5, 0.6) is 0 Å². The molecule has 0 fully saturated rings. The molecule has 0 saturated carbocycles. The van der Waals surface area contributed by atoms with E-state index in [2.05, 4.69) is 5.32 Å². The van der Waals surface area contributed by atoms with Gasteiger partial charge in [0.2, 0.25) is 5.91 Å². The van der Waals surface area contributed by atoms with Crippen molar-refractivity contribution in [3.8, 4) is 0 Å². The van der Waals surface area contributed by atoms with Crippen molar-refractivity contribution in [1.29, 1.82) is 0 Å². The van der Waals surface area contributed by atoms with Crippen LogP contribution >= 0.6 is 0 Å². The minimum Gasteiger partial charge on any atom is -0.397 e. The highest BCUT2D eigenvalue weighted by Gasteiger charge is 2.08. The first-order chi connectivity index (χ1) is 9.47. The van der Waals surface area contributed by atoms with Crippen LogP contribution in [0.2, 0.25) is 0 Å². The molecule has 2 rings (SSSR count). The maximum Gasteiger partial charge on any atom is 0.251 e. The van der Waals surface area contributed by atoms with E-state index in [1.165, 1.54) is 10.6 Å². The van der Waals surface area contributed by atoms with Crippen molar-refractivity contribution < 1.29 is 4.79 Å². The highest BCUT2D eigenvalue weighted by Crippen LogP contribution is 2.19. The lowest BCUT2D eigenvalue weighted by Crippen LogP contribution is -2.28. The van der Waals surface area contributed by atoms with E-state index >= 15 is 0 Å². The molecular formula is C15H17N3O2. The minimum absolute atomic E-state index is 0.0289. The van der Waals surface area contributed by atoms with Gasteiger partial charge in [0.05, 0.1) is 11.4 Å². The van der Waals surface area contributed by atoms with E-state index in [-0.39, 0.29) is 18.0 Å². The number of hydrogen-bond acceptors (Lipinski definition) is 3. The van der Waals surface area contributed by atoms with Crippen LogP contribution in [-0.4, -0.2) is 10.5 Å². The van der Waals surface area contributed by atoms with Crippen LogP contribution in [0.1, 0.15) is 11.3 Å². The number of pyridine rings is 1. The number of nitrogens with zero attached hydrogens (tertiary/aromatic N) is 1. The van der Waals surface area contributed by atoms with E-state index in [1.54, 1.807) is 31.2 Å². The van der Waals surface area contributed by atoms with E-state index in [4.69, 9.17) is 5.73 Å². The Kier molecular flexibility index (Phi) is 3.89. The molecule has 0 aliphatic rings. The van der Waals surface area contributed by atoms with Gasteiger partial charge in [0, 0.05) is 11.8 Å². The summed E-state index contributed by atoms with van der Waals surface area (Å²) >= 11 is 0. The lowest BCUT2D eigenvalue weighted by atomic mass is 10.2. The van der Waals surface area contributed by atoms with Gasteiger partial charge in [-0.15, -0.1) is 0 Å². The monoisotopic (exact) mass is 271 g/mol. The summed E-state index contributed by atoms with van der Waals surface area (Å²) in [4.78, 5) is 23.7. The summed E-state index contributed by atoms with van der Waals surface area (Å²) in [7, 11) is 0. The molecule has 0 aliphatic heterocycles. The minimum atomic E-state index is -0.281. The van der Waals surface area contributed by atoms with Crippen molar-refractivity contribution >= 4 is 17.3 Å². The fraction of sp³-hybridized carbons (Fsp3) is 0.200. The van der Waals surface area contributed by atoms with Crippen molar-refractivity contribution in [3.05, 3.63) is 58.0 Å². The number of amides is 1. The zero-order valence-electron chi connectivity index (χ0n) is 11.5. The quantitative estimate of drug-likeness (QED) is 0.834. The van der Waals surface area contributed by atoms with E-state index < -0.39 is 0 Å². The first kappa shape index (κ1) is 13.9. The van der Waals surface area contributed by atoms with E-state index in [9.17, 15) is 9.59 Å². The number of nitrogen functional groups attached to an aromatic ring is 1. The number of rotatable bonds is 3. The average Bonchev–Trinajstić information content (AvgIpc) is 2.37. The van der Waals surface area contributed by atoms with Gasteiger partial charge in [0.1, 0.15) is 6.54 Å². The summed E-state index contributed by atoms with van der Waals surface area (Å²) in [5, 5.41) is 2.72. The fourth-order valence-electron chi connectivity index (χ4n) is 1.96. The topological polar surface area (TPSA) is 77.1 Å². The van der Waals surface area contributed by atoms with Crippen LogP contribution < -0.4 is 16.6 Å². The number of aromatic nitrogens is 1. The number of benzene rings is 1. The summed E-state index contributed by atoms with van der Waals surface area (Å²) in [6.07, 6.45) is 0. The molecule has 0 unspecified atom stereocenters. The predicted octanol–water partition coefficient (Wildman–Crippen LogP) is 1.69. The fourth-order valence-corrected chi connectivity index (χ4v) is 1.96. The Balaban J connectivity index is 2.15. The van der Waals surface area contributed by atoms with Crippen LogP contribution in [0.3, 0.4) is 0 Å². The van der Waals surface area contributed by atoms with Gasteiger partial charge >= 0.3 is 0 Å². The summed E-state index contributed by atoms with van der Waals surface area (Å²) < 4.78 is 1.42. The SMILES string of the molecule is Cc1ccc(NC(=O)Cn2c(C)cccc2=O)c(N)c1. The molecule has 0 spiro atoms. The third-order valence-electron chi connectivity index (χ3n) is 3.05. The molecular weight excluding hydrogens is 254 g/mol. The third-order valence-corrected chi connectivity index (χ3v) is 3.05. The first-order valence-corrected chi connectivity index (χ1v) is 6.30. The van der Waals surface area contributed by atoms with Crippen LogP contribution in [0.15, 0.2) is 41.2 Å². The second kappa shape index (κ2) is 5.61. The van der Waals surface area contributed by atoms with Crippen LogP contribution in [0, 0.1) is 13.8 Å². The maximum atomic E-state index is 12.0. The first-order valence-electron chi connectivity index (χ1n) is 6.30. The number of carbonyl (C=O) groups is 1. The smallest absolute Gasteiger partial charge is 0.251 e. The molecule has 3 N–H and O–H groups in total. The summed E-state index contributed by atoms with van der Waals surface area (Å²) in [5.74, 6) is -0.281. The molecule has 1 heterocycles. The van der Waals surface area contributed by atoms with Gasteiger partial charge in [-0.1, -0.05) is 12.1 Å². The molecule has 20 heavy (non-hydrogen) atoms. The molecule has 2 aromatic rings. The second-order valence-corrected chi connectivity index (χ2v) is 4.73. The van der Waals surface area contributed by atoms with Gasteiger partial charge in [0.25, 0.3) is 5.56 Å². The number of carbonyl (C=O) groups excluding carboxylic acids is 1. The van der Waals surface area contributed by atoms with E-state index in [0.717, 1.165) is 11.3 Å². The van der Waals surface area contributed by atoms with Crippen molar-refractivity contribution in [2.75, 3.05) is 11.1 Å². The number of hydrogen-bond donors (Lipinski definition) is 2. The molecule has 0 aliphatic carbocycles. The Labute approximate surface area is 117 Å². The molecule has 0 bridgehead atoms. The van der Waals surface area contributed by atoms with Crippen LogP contribution in [0.4, 0.5) is 11.4 Å². The van der Waals surface area contributed by atoms with Crippen molar-refractivity contribution in [2.45, 2.75) is 20.4 Å². The van der Waals surface area contributed by atoms with Gasteiger partial charge in [-0.2, -0.15) is 0 Å². The van der Waals surface area contributed by atoms with Gasteiger partial charge in [0.15, 0.2) is 0 Å². The van der Waals surface area contributed by atoms with Crippen LogP contribution in [0.25, 0.3) is 0 Å². The Morgan fingerprint density at radius 1 is 1.25 bits per heavy atom. The number of nitrogens with two attached hydrogens (primary N) is 1. The van der Waals surface area contributed by atoms with Crippen molar-refractivity contribution in [3.63, 3.8) is 0 Å². The number of anilines is 2. The third kappa shape index (κ3) is 3.06. The highest BCUT2D eigenvalue weighted by atomic mass is 16.2. The molecule has 0 atom stereocenters. The maximum absolute atomic E-state index is 12.0. The second-order valence-electron chi connectivity index (χ2n) is 4.73. The predicted molar refractivity (Wildman–Crippen MR) is 79.7 cm³/mol. The van der Waals surface area contributed by atoms with Gasteiger partial charge in [-0.05, 0) is 37.6 Å². The zero-order chi connectivity index (χ0) is 14.7. The van der Waals surface area contributed by atoms with Crippen LogP contribution in [-0.2, 0) is 11.3 Å². The van der Waals surface area contributed by atoms with Gasteiger partial charge in [-0.3, -0.25) is 9.59 Å². The Morgan fingerprint density at radius 3 is 2.65 bits per heavy atom. The Hall–Kier alpha value is -2.56. The molecule has 0 radical (unpaired) electrons. The molecule has 0 saturated heterocycles. The molecule has 5 heteroatoms. The zero-order valence-corrected chi connectivity index (χ0v) is 11.5. The normalized spacial score (nSPS) is 10.3. The molecule has 1 aromatic heterocycles.